The summed E-state index contributed by atoms with van der Waals surface area (Å²) in [5.74, 6) is -0.299. The van der Waals surface area contributed by atoms with Gasteiger partial charge in [0.1, 0.15) is 17.3 Å². The van der Waals surface area contributed by atoms with E-state index in [1.165, 1.54) is 6.21 Å². The van der Waals surface area contributed by atoms with Gasteiger partial charge in [-0.25, -0.2) is 18.4 Å². The minimum absolute atomic E-state index is 0.0995. The molecule has 0 amide bonds. The number of sulfonamides is 1. The van der Waals surface area contributed by atoms with E-state index in [4.69, 9.17) is 37.9 Å². The van der Waals surface area contributed by atoms with Crippen molar-refractivity contribution in [2.24, 2.45) is 10.3 Å². The molecule has 3 rings (SSSR count). The number of rotatable bonds is 7. The number of nitrogens with zero attached hydrogens (tertiary/aromatic N) is 1. The molecule has 0 spiro atoms. The summed E-state index contributed by atoms with van der Waals surface area (Å²) < 4.78 is 28.8. The topological polar surface area (TPSA) is 108 Å². The van der Waals surface area contributed by atoms with E-state index in [0.29, 0.717) is 17.9 Å². The highest BCUT2D eigenvalue weighted by Gasteiger charge is 2.21. The van der Waals surface area contributed by atoms with Gasteiger partial charge in [-0.15, -0.1) is 0 Å². The highest BCUT2D eigenvalue weighted by molar-refractivity contribution is 7.89. The van der Waals surface area contributed by atoms with Crippen LogP contribution in [0.3, 0.4) is 0 Å². The lowest BCUT2D eigenvalue weighted by Gasteiger charge is -2.07. The van der Waals surface area contributed by atoms with Crippen molar-refractivity contribution in [1.29, 1.82) is 0 Å². The van der Waals surface area contributed by atoms with Crippen LogP contribution in [0.15, 0.2) is 76.8 Å². The van der Waals surface area contributed by atoms with E-state index >= 15 is 0 Å². The maximum atomic E-state index is 12.2. The van der Waals surface area contributed by atoms with E-state index in [9.17, 15) is 13.2 Å². The first-order valence-electron chi connectivity index (χ1n) is 8.77. The number of nitrogens with two attached hydrogens (primary N) is 1. The smallest absolute Gasteiger partial charge is 0.367 e. The van der Waals surface area contributed by atoms with Crippen molar-refractivity contribution in [3.05, 3.63) is 93.5 Å². The molecule has 0 aromatic heterocycles. The van der Waals surface area contributed by atoms with Crippen molar-refractivity contribution in [2.75, 3.05) is 0 Å². The number of benzene rings is 3. The van der Waals surface area contributed by atoms with Gasteiger partial charge >= 0.3 is 5.97 Å². The van der Waals surface area contributed by atoms with Crippen molar-refractivity contribution in [2.45, 2.75) is 11.5 Å². The molecular formula is C21H16Cl2N2O5S. The van der Waals surface area contributed by atoms with Crippen LogP contribution in [0.5, 0.6) is 5.75 Å². The normalized spacial score (nSPS) is 11.5. The van der Waals surface area contributed by atoms with Gasteiger partial charge in [-0.05, 0) is 47.5 Å². The minimum atomic E-state index is -4.15. The molecule has 0 heterocycles. The van der Waals surface area contributed by atoms with Crippen molar-refractivity contribution in [3.63, 3.8) is 0 Å². The average Bonchev–Trinajstić information content (AvgIpc) is 2.73. The molecule has 0 aliphatic carbocycles. The number of carbonyl (C=O) groups is 1. The summed E-state index contributed by atoms with van der Waals surface area (Å²) in [6.07, 6.45) is 1.31. The van der Waals surface area contributed by atoms with Crippen LogP contribution in [0.4, 0.5) is 0 Å². The lowest BCUT2D eigenvalue weighted by molar-refractivity contribution is 0.0519. The third-order valence-electron chi connectivity index (χ3n) is 4.01. The molecule has 7 nitrogen and oxygen atoms in total. The largest absolute Gasteiger partial charge is 0.489 e. The first-order valence-corrected chi connectivity index (χ1v) is 11.1. The Labute approximate surface area is 189 Å². The van der Waals surface area contributed by atoms with Gasteiger partial charge in [0.05, 0.1) is 21.8 Å². The number of oxime groups is 1. The lowest BCUT2D eigenvalue weighted by Crippen LogP contribution is -2.14. The van der Waals surface area contributed by atoms with E-state index in [1.54, 1.807) is 24.3 Å². The van der Waals surface area contributed by atoms with Crippen molar-refractivity contribution < 1.29 is 22.8 Å². The quantitative estimate of drug-likeness (QED) is 0.307. The first-order chi connectivity index (χ1) is 14.7. The molecule has 31 heavy (non-hydrogen) atoms. The van der Waals surface area contributed by atoms with E-state index in [0.717, 1.165) is 17.7 Å². The van der Waals surface area contributed by atoms with Gasteiger partial charge in [0, 0.05) is 0 Å². The maximum absolute atomic E-state index is 12.2. The molecule has 0 aliphatic rings. The highest BCUT2D eigenvalue weighted by Crippen LogP contribution is 2.28. The second-order valence-electron chi connectivity index (χ2n) is 6.26. The number of halogens is 2. The molecule has 160 valence electrons. The second-order valence-corrected chi connectivity index (χ2v) is 8.61. The number of carbonyl (C=O) groups excluding carboxylic acids is 1. The summed E-state index contributed by atoms with van der Waals surface area (Å²) in [7, 11) is -4.15. The molecule has 0 bridgehead atoms. The summed E-state index contributed by atoms with van der Waals surface area (Å²) in [5, 5.41) is 8.38. The van der Waals surface area contributed by atoms with Gasteiger partial charge in [0.15, 0.2) is 0 Å². The standard InChI is InChI=1S/C21H16Cl2N2O5S/c22-18-11-19(23)20(31(24,27)28)10-17(18)21(26)30-25-12-14-6-8-16(9-7-14)29-13-15-4-2-1-3-5-15/h1-12H,13H2,(H2,24,27,28)/b25-12+. The summed E-state index contributed by atoms with van der Waals surface area (Å²) >= 11 is 11.8. The molecule has 0 aliphatic heterocycles. The van der Waals surface area contributed by atoms with Crippen LogP contribution in [0.1, 0.15) is 21.5 Å². The molecule has 3 aromatic carbocycles. The summed E-state index contributed by atoms with van der Waals surface area (Å²) in [5.41, 5.74) is 1.45. The van der Waals surface area contributed by atoms with E-state index in [2.05, 4.69) is 5.16 Å². The van der Waals surface area contributed by atoms with Gasteiger partial charge in [-0.1, -0.05) is 58.7 Å². The van der Waals surface area contributed by atoms with Crippen molar-refractivity contribution >= 4 is 45.4 Å². The fraction of sp³-hybridized carbons (Fsp3) is 0.0476. The Kier molecular flexibility index (Phi) is 7.29. The predicted octanol–water partition coefficient (Wildman–Crippen LogP) is 4.41. The van der Waals surface area contributed by atoms with Crippen LogP contribution in [-0.2, 0) is 21.5 Å². The zero-order valence-corrected chi connectivity index (χ0v) is 18.2. The third-order valence-corrected chi connectivity index (χ3v) is 5.70. The monoisotopic (exact) mass is 478 g/mol. The molecule has 10 heteroatoms. The van der Waals surface area contributed by atoms with E-state index < -0.39 is 20.9 Å². The Hall–Kier alpha value is -2.91. The van der Waals surface area contributed by atoms with E-state index in [1.807, 2.05) is 30.3 Å². The van der Waals surface area contributed by atoms with Crippen LogP contribution in [-0.4, -0.2) is 20.6 Å². The molecular weight excluding hydrogens is 463 g/mol. The van der Waals surface area contributed by atoms with Gasteiger partial charge in [0.2, 0.25) is 10.0 Å². The van der Waals surface area contributed by atoms with Crippen LogP contribution < -0.4 is 9.88 Å². The molecule has 0 saturated carbocycles. The molecule has 2 N–H and O–H groups in total. The SMILES string of the molecule is NS(=O)(=O)c1cc(C(=O)O/N=C/c2ccc(OCc3ccccc3)cc2)c(Cl)cc1Cl. The van der Waals surface area contributed by atoms with Crippen molar-refractivity contribution in [1.82, 2.24) is 0 Å². The van der Waals surface area contributed by atoms with Crippen LogP contribution in [0, 0.1) is 0 Å². The number of ether oxygens (including phenoxy) is 1. The highest BCUT2D eigenvalue weighted by atomic mass is 35.5. The Morgan fingerprint density at radius 1 is 1.00 bits per heavy atom. The number of primary sulfonamides is 1. The Bertz CT molecular complexity index is 1210. The fourth-order valence-corrected chi connectivity index (χ4v) is 3.87. The summed E-state index contributed by atoms with van der Waals surface area (Å²) in [6.45, 7) is 0.439. The van der Waals surface area contributed by atoms with Gasteiger partial charge in [0.25, 0.3) is 0 Å². The summed E-state index contributed by atoms with van der Waals surface area (Å²) in [4.78, 5) is 16.5. The lowest BCUT2D eigenvalue weighted by atomic mass is 10.2. The van der Waals surface area contributed by atoms with Gasteiger partial charge < -0.3 is 9.57 Å². The Morgan fingerprint density at radius 3 is 2.32 bits per heavy atom. The second kappa shape index (κ2) is 9.93. The van der Waals surface area contributed by atoms with Gasteiger partial charge in [-0.2, -0.15) is 0 Å². The first kappa shape index (κ1) is 22.8. The number of hydrogen-bond donors (Lipinski definition) is 1. The van der Waals surface area contributed by atoms with Crippen LogP contribution >= 0.6 is 23.2 Å². The number of hydrogen-bond acceptors (Lipinski definition) is 6. The van der Waals surface area contributed by atoms with Crippen molar-refractivity contribution in [3.8, 4) is 5.75 Å². The van der Waals surface area contributed by atoms with Gasteiger partial charge in [-0.3, -0.25) is 0 Å². The maximum Gasteiger partial charge on any atom is 0.367 e. The summed E-state index contributed by atoms with van der Waals surface area (Å²) in [6, 6.07) is 18.7. The zero-order valence-electron chi connectivity index (χ0n) is 15.9. The Balaban J connectivity index is 1.62. The predicted molar refractivity (Wildman–Crippen MR) is 118 cm³/mol. The zero-order chi connectivity index (χ0) is 22.4. The molecule has 0 radical (unpaired) electrons. The minimum Gasteiger partial charge on any atom is -0.489 e. The fourth-order valence-electron chi connectivity index (χ4n) is 2.48. The molecule has 0 atom stereocenters. The molecule has 0 saturated heterocycles. The Morgan fingerprint density at radius 2 is 1.68 bits per heavy atom. The molecule has 3 aromatic rings. The average molecular weight is 479 g/mol. The van der Waals surface area contributed by atoms with E-state index in [-0.39, 0.29) is 15.6 Å². The third kappa shape index (κ3) is 6.28. The molecule has 0 unspecified atom stereocenters. The van der Waals surface area contributed by atoms with Crippen LogP contribution in [0.25, 0.3) is 0 Å². The molecule has 0 fully saturated rings. The van der Waals surface area contributed by atoms with Crippen LogP contribution in [0.2, 0.25) is 10.0 Å².